The molecule has 0 atom stereocenters. The van der Waals surface area contributed by atoms with Crippen molar-refractivity contribution in [1.29, 1.82) is 0 Å². The summed E-state index contributed by atoms with van der Waals surface area (Å²) in [6, 6.07) is 17.4. The van der Waals surface area contributed by atoms with Crippen LogP contribution in [0.15, 0.2) is 70.5 Å². The zero-order valence-corrected chi connectivity index (χ0v) is 17.9. The van der Waals surface area contributed by atoms with Crippen molar-refractivity contribution in [3.8, 4) is 11.1 Å². The molecule has 0 radical (unpaired) electrons. The summed E-state index contributed by atoms with van der Waals surface area (Å²) in [5, 5.41) is 8.04. The van der Waals surface area contributed by atoms with Gasteiger partial charge in [0.2, 0.25) is 10.0 Å². The van der Waals surface area contributed by atoms with E-state index >= 15 is 0 Å². The molecule has 0 saturated heterocycles. The van der Waals surface area contributed by atoms with Crippen molar-refractivity contribution >= 4 is 41.7 Å². The van der Waals surface area contributed by atoms with Crippen LogP contribution in [0, 0.1) is 13.8 Å². The quantitative estimate of drug-likeness (QED) is 0.463. The number of fused-ring (bicyclic) bond motifs is 2. The first-order valence-corrected chi connectivity index (χ1v) is 12.0. The molecule has 0 amide bonds. The molecular weight excluding hydrogens is 422 g/mol. The molecule has 0 aliphatic carbocycles. The number of hydrogen-bond acceptors (Lipinski definition) is 4. The Kier molecular flexibility index (Phi) is 4.70. The summed E-state index contributed by atoms with van der Waals surface area (Å²) in [7, 11) is -8.91. The number of sulfonamides is 1. The molecule has 4 aromatic carbocycles. The monoisotopic (exact) mass is 441 g/mol. The maximum atomic E-state index is 12.6. The van der Waals surface area contributed by atoms with E-state index in [0.717, 1.165) is 5.39 Å². The normalized spacial score (nSPS) is 12.5. The Morgan fingerprint density at radius 2 is 1.10 bits per heavy atom. The Morgan fingerprint density at radius 3 is 1.53 bits per heavy atom. The van der Waals surface area contributed by atoms with Gasteiger partial charge in [0.25, 0.3) is 10.1 Å². The van der Waals surface area contributed by atoms with Gasteiger partial charge in [-0.1, -0.05) is 60.7 Å². The number of primary sulfonamides is 1. The van der Waals surface area contributed by atoms with E-state index in [1.165, 1.54) is 0 Å². The van der Waals surface area contributed by atoms with E-state index in [0.29, 0.717) is 27.3 Å². The number of rotatable bonds is 3. The second kappa shape index (κ2) is 6.88. The number of hydrogen-bond donors (Lipinski definition) is 2. The largest absolute Gasteiger partial charge is 0.295 e. The van der Waals surface area contributed by atoms with Gasteiger partial charge in [-0.25, -0.2) is 13.6 Å². The van der Waals surface area contributed by atoms with Crippen LogP contribution in [0.3, 0.4) is 0 Å². The molecule has 8 heteroatoms. The summed E-state index contributed by atoms with van der Waals surface area (Å²) in [4.78, 5) is -0.497. The van der Waals surface area contributed by atoms with Gasteiger partial charge in [0.1, 0.15) is 4.90 Å². The fourth-order valence-electron chi connectivity index (χ4n) is 4.13. The van der Waals surface area contributed by atoms with Crippen LogP contribution in [0.2, 0.25) is 0 Å². The molecule has 4 rings (SSSR count). The molecule has 0 heterocycles. The van der Waals surface area contributed by atoms with E-state index < -0.39 is 20.1 Å². The summed E-state index contributed by atoms with van der Waals surface area (Å²) in [5.74, 6) is 0. The van der Waals surface area contributed by atoms with Gasteiger partial charge >= 0.3 is 0 Å². The van der Waals surface area contributed by atoms with Crippen molar-refractivity contribution in [1.82, 2.24) is 0 Å². The summed E-state index contributed by atoms with van der Waals surface area (Å²) >= 11 is 0. The third-order valence-electron chi connectivity index (χ3n) is 5.17. The molecule has 6 nitrogen and oxygen atoms in total. The van der Waals surface area contributed by atoms with Gasteiger partial charge in [0, 0.05) is 11.1 Å². The van der Waals surface area contributed by atoms with Crippen molar-refractivity contribution in [3.63, 3.8) is 0 Å². The summed E-state index contributed by atoms with van der Waals surface area (Å²) in [6.45, 7) is 3.18. The smallest absolute Gasteiger partial charge is 0.282 e. The standard InChI is InChI=1S/C22H19NO5S2/c1-13-11-15-7-3-5-9-17(15)19(21(13)29(23,24)25)20-18-10-6-4-8-16(18)12-14(2)22(20)30(26,27)28/h3-12H,1-2H3,(H2,23,24,25)(H,26,27,28). The van der Waals surface area contributed by atoms with E-state index in [-0.39, 0.29) is 20.9 Å². The molecule has 0 bridgehead atoms. The predicted molar refractivity (Wildman–Crippen MR) is 118 cm³/mol. The summed E-state index contributed by atoms with van der Waals surface area (Å²) in [5.41, 5.74) is 0.980. The van der Waals surface area contributed by atoms with Crippen LogP contribution in [0.4, 0.5) is 0 Å². The van der Waals surface area contributed by atoms with Crippen LogP contribution < -0.4 is 5.14 Å². The second-order valence-corrected chi connectivity index (χ2v) is 10.1. The lowest BCUT2D eigenvalue weighted by atomic mass is 9.91. The average molecular weight is 442 g/mol. The minimum atomic E-state index is -4.68. The van der Waals surface area contributed by atoms with E-state index in [2.05, 4.69) is 0 Å². The van der Waals surface area contributed by atoms with Crippen LogP contribution in [0.5, 0.6) is 0 Å². The maximum absolute atomic E-state index is 12.6. The fraction of sp³-hybridized carbons (Fsp3) is 0.0909. The first-order chi connectivity index (χ1) is 14.0. The van der Waals surface area contributed by atoms with Crippen molar-refractivity contribution in [2.75, 3.05) is 0 Å². The highest BCUT2D eigenvalue weighted by Crippen LogP contribution is 2.44. The van der Waals surface area contributed by atoms with Gasteiger partial charge in [0.05, 0.1) is 4.90 Å². The van der Waals surface area contributed by atoms with Crippen molar-refractivity contribution in [2.45, 2.75) is 23.6 Å². The number of aryl methyl sites for hydroxylation is 2. The SMILES string of the molecule is Cc1cc2ccccc2c(-c2c(S(=O)(=O)O)c(C)cc3ccccc23)c1S(N)(=O)=O. The zero-order chi connectivity index (χ0) is 21.8. The third-order valence-corrected chi connectivity index (χ3v) is 7.30. The van der Waals surface area contributed by atoms with Crippen molar-refractivity contribution in [3.05, 3.63) is 71.8 Å². The lowest BCUT2D eigenvalue weighted by molar-refractivity contribution is 0.483. The Labute approximate surface area is 174 Å². The van der Waals surface area contributed by atoms with Crippen LogP contribution in [0.1, 0.15) is 11.1 Å². The highest BCUT2D eigenvalue weighted by Gasteiger charge is 2.29. The van der Waals surface area contributed by atoms with E-state index in [1.807, 2.05) is 6.07 Å². The van der Waals surface area contributed by atoms with Crippen molar-refractivity contribution < 1.29 is 21.4 Å². The minimum Gasteiger partial charge on any atom is -0.282 e. The van der Waals surface area contributed by atoms with Gasteiger partial charge in [0.15, 0.2) is 0 Å². The Bertz CT molecular complexity index is 1440. The maximum Gasteiger partial charge on any atom is 0.295 e. The third kappa shape index (κ3) is 3.27. The highest BCUT2D eigenvalue weighted by atomic mass is 32.2. The fourth-order valence-corrected chi connectivity index (χ4v) is 6.07. The second-order valence-electron chi connectivity index (χ2n) is 7.26. The molecule has 3 N–H and O–H groups in total. The molecule has 0 saturated carbocycles. The van der Waals surface area contributed by atoms with Crippen LogP contribution >= 0.6 is 0 Å². The molecule has 0 fully saturated rings. The molecule has 0 aliphatic rings. The lowest BCUT2D eigenvalue weighted by Gasteiger charge is -2.20. The highest BCUT2D eigenvalue weighted by molar-refractivity contribution is 7.89. The zero-order valence-electron chi connectivity index (χ0n) is 16.2. The van der Waals surface area contributed by atoms with Crippen LogP contribution in [-0.4, -0.2) is 21.4 Å². The van der Waals surface area contributed by atoms with Crippen LogP contribution in [0.25, 0.3) is 32.7 Å². The van der Waals surface area contributed by atoms with E-state index in [1.54, 1.807) is 68.4 Å². The van der Waals surface area contributed by atoms with E-state index in [4.69, 9.17) is 5.14 Å². The Hall–Kier alpha value is -2.78. The molecule has 0 aliphatic heterocycles. The predicted octanol–water partition coefficient (Wildman–Crippen LogP) is 4.17. The van der Waals surface area contributed by atoms with Gasteiger partial charge in [-0.3, -0.25) is 4.55 Å². The lowest BCUT2D eigenvalue weighted by Crippen LogP contribution is -2.16. The number of nitrogens with two attached hydrogens (primary N) is 1. The van der Waals surface area contributed by atoms with Gasteiger partial charge < -0.3 is 0 Å². The van der Waals surface area contributed by atoms with Crippen molar-refractivity contribution in [2.24, 2.45) is 5.14 Å². The molecule has 4 aromatic rings. The number of benzene rings is 4. The first kappa shape index (κ1) is 20.5. The topological polar surface area (TPSA) is 115 Å². The average Bonchev–Trinajstić information content (AvgIpc) is 2.64. The molecule has 0 unspecified atom stereocenters. The molecule has 30 heavy (non-hydrogen) atoms. The Morgan fingerprint density at radius 1 is 0.700 bits per heavy atom. The van der Waals surface area contributed by atoms with E-state index in [9.17, 15) is 21.4 Å². The summed E-state index contributed by atoms with van der Waals surface area (Å²) in [6.07, 6.45) is 0. The molecule has 154 valence electrons. The summed E-state index contributed by atoms with van der Waals surface area (Å²) < 4.78 is 60.3. The van der Waals surface area contributed by atoms with Gasteiger partial charge in [-0.05, 0) is 46.5 Å². The van der Waals surface area contributed by atoms with Gasteiger partial charge in [-0.2, -0.15) is 8.42 Å². The first-order valence-electron chi connectivity index (χ1n) is 9.05. The Balaban J connectivity index is 2.42. The van der Waals surface area contributed by atoms with Gasteiger partial charge in [-0.15, -0.1) is 0 Å². The molecule has 0 aromatic heterocycles. The van der Waals surface area contributed by atoms with Crippen LogP contribution in [-0.2, 0) is 20.1 Å². The minimum absolute atomic E-state index is 0.122. The molecular formula is C22H19NO5S2. The molecule has 0 spiro atoms.